The van der Waals surface area contributed by atoms with Crippen molar-refractivity contribution in [3.8, 4) is 0 Å². The molecule has 2 aromatic rings. The van der Waals surface area contributed by atoms with Gasteiger partial charge in [-0.15, -0.1) is 0 Å². The normalized spacial score (nSPS) is 11.8. The van der Waals surface area contributed by atoms with Crippen molar-refractivity contribution in [3.05, 3.63) is 76.4 Å². The minimum Gasteiger partial charge on any atom is -0.666 e. The van der Waals surface area contributed by atoms with E-state index in [0.717, 1.165) is 0 Å². The smallest absolute Gasteiger partial charge is 0.666 e. The molecule has 2 rings (SSSR count). The second-order valence-corrected chi connectivity index (χ2v) is 16.6. The molecular weight excluding hydrogens is 341 g/mol. The van der Waals surface area contributed by atoms with Crippen LogP contribution in [0.25, 0.3) is 4.65 Å². The molecule has 0 bridgehead atoms. The standard InChI is InChI=1S/C22H34NSi2.Li/c1-5-24(6-2,19-21-15-11-9-12-16-21)23-25(7-3,8-4)20-22-17-13-10-14-18-22;/h9-18H,5-8,19-20H2,1-4H3;/q-1;+1. The molecule has 4 heteroatoms. The predicted molar refractivity (Wildman–Crippen MR) is 117 cm³/mol. The maximum atomic E-state index is 5.88. The van der Waals surface area contributed by atoms with E-state index in [9.17, 15) is 0 Å². The molecule has 0 fully saturated rings. The van der Waals surface area contributed by atoms with Crippen LogP contribution >= 0.6 is 0 Å². The topological polar surface area (TPSA) is 14.1 Å². The zero-order chi connectivity index (χ0) is 18.2. The molecule has 0 spiro atoms. The van der Waals surface area contributed by atoms with E-state index in [-0.39, 0.29) is 18.9 Å². The summed E-state index contributed by atoms with van der Waals surface area (Å²) in [7, 11) is -3.26. The summed E-state index contributed by atoms with van der Waals surface area (Å²) in [5, 5.41) is 0. The molecule has 0 N–H and O–H groups in total. The summed E-state index contributed by atoms with van der Waals surface area (Å²) in [6.07, 6.45) is 0. The first-order valence-corrected chi connectivity index (χ1v) is 15.1. The van der Waals surface area contributed by atoms with Gasteiger partial charge < -0.3 is 4.65 Å². The predicted octanol–water partition coefficient (Wildman–Crippen LogP) is 3.90. The van der Waals surface area contributed by atoms with Gasteiger partial charge in [-0.25, -0.2) is 0 Å². The third kappa shape index (κ3) is 6.25. The summed E-state index contributed by atoms with van der Waals surface area (Å²) in [6.45, 7) is 9.54. The van der Waals surface area contributed by atoms with Gasteiger partial charge in [-0.2, -0.15) is 0 Å². The van der Waals surface area contributed by atoms with Gasteiger partial charge in [0.15, 0.2) is 0 Å². The summed E-state index contributed by atoms with van der Waals surface area (Å²) in [6, 6.07) is 29.6. The van der Waals surface area contributed by atoms with Crippen molar-refractivity contribution in [1.82, 2.24) is 0 Å². The van der Waals surface area contributed by atoms with Crippen LogP contribution in [0.2, 0.25) is 24.2 Å². The molecule has 0 unspecified atom stereocenters. The zero-order valence-corrected chi connectivity index (χ0v) is 19.5. The fourth-order valence-corrected chi connectivity index (χ4v) is 15.0. The Bertz CT molecular complexity index is 555. The van der Waals surface area contributed by atoms with Gasteiger partial charge in [-0.05, 0) is 0 Å². The SMILES string of the molecule is CC[Si](CC)(Cc1ccccc1)[N-][Si](CC)(CC)Cc1ccccc1.[Li+]. The Hall–Kier alpha value is -0.569. The van der Waals surface area contributed by atoms with Crippen molar-refractivity contribution < 1.29 is 18.9 Å². The van der Waals surface area contributed by atoms with Crippen molar-refractivity contribution in [2.75, 3.05) is 0 Å². The number of hydrogen-bond donors (Lipinski definition) is 0. The van der Waals surface area contributed by atoms with E-state index in [4.69, 9.17) is 4.65 Å². The largest absolute Gasteiger partial charge is 1.00 e. The van der Waals surface area contributed by atoms with Crippen molar-refractivity contribution in [3.63, 3.8) is 0 Å². The average Bonchev–Trinajstić information content (AvgIpc) is 2.68. The molecular formula is C22H34LiNSi2. The van der Waals surface area contributed by atoms with Gasteiger partial charge in [0.2, 0.25) is 0 Å². The van der Waals surface area contributed by atoms with Crippen molar-refractivity contribution in [1.29, 1.82) is 0 Å². The molecule has 0 aromatic heterocycles. The molecule has 0 radical (unpaired) electrons. The second-order valence-electron chi connectivity index (χ2n) is 7.30. The number of nitrogens with zero attached hydrogens (tertiary/aromatic N) is 1. The Kier molecular flexibility index (Phi) is 10.2. The van der Waals surface area contributed by atoms with Crippen LogP contribution in [0, 0.1) is 0 Å². The molecule has 0 amide bonds. The van der Waals surface area contributed by atoms with Crippen molar-refractivity contribution >= 4 is 16.5 Å². The van der Waals surface area contributed by atoms with Gasteiger partial charge >= 0.3 is 18.9 Å². The molecule has 136 valence electrons. The molecule has 1 nitrogen and oxygen atoms in total. The van der Waals surface area contributed by atoms with Crippen LogP contribution in [0.15, 0.2) is 60.7 Å². The van der Waals surface area contributed by atoms with E-state index >= 15 is 0 Å². The van der Waals surface area contributed by atoms with Gasteiger partial charge in [-0.1, -0.05) is 152 Å². The second kappa shape index (κ2) is 11.3. The first-order valence-electron chi connectivity index (χ1n) is 9.93. The summed E-state index contributed by atoms with van der Waals surface area (Å²) in [5.41, 5.74) is 2.97. The molecule has 0 heterocycles. The molecule has 26 heavy (non-hydrogen) atoms. The van der Waals surface area contributed by atoms with Crippen LogP contribution in [0.3, 0.4) is 0 Å². The molecule has 0 aliphatic carbocycles. The Morgan fingerprint density at radius 3 is 1.15 bits per heavy atom. The van der Waals surface area contributed by atoms with Gasteiger partial charge in [0.25, 0.3) is 0 Å². The van der Waals surface area contributed by atoms with E-state index in [1.54, 1.807) is 0 Å². The van der Waals surface area contributed by atoms with Crippen LogP contribution in [0.1, 0.15) is 38.8 Å². The van der Waals surface area contributed by atoms with Gasteiger partial charge in [0, 0.05) is 0 Å². The fourth-order valence-electron chi connectivity index (χ4n) is 3.85. The number of hydrogen-bond acceptors (Lipinski definition) is 0. The third-order valence-electron chi connectivity index (χ3n) is 5.86. The monoisotopic (exact) mass is 375 g/mol. The van der Waals surface area contributed by atoms with Gasteiger partial charge in [-0.3, -0.25) is 0 Å². The molecule has 2 aromatic carbocycles. The molecule has 0 saturated heterocycles. The Morgan fingerprint density at radius 1 is 0.577 bits per heavy atom. The summed E-state index contributed by atoms with van der Waals surface area (Å²) >= 11 is 0. The number of rotatable bonds is 10. The average molecular weight is 376 g/mol. The Labute approximate surface area is 175 Å². The van der Waals surface area contributed by atoms with Crippen molar-refractivity contribution in [2.45, 2.75) is 64.0 Å². The maximum Gasteiger partial charge on any atom is 1.00 e. The van der Waals surface area contributed by atoms with E-state index < -0.39 is 16.5 Å². The number of benzene rings is 2. The zero-order valence-electron chi connectivity index (χ0n) is 17.5. The fraction of sp³-hybridized carbons (Fsp3) is 0.455. The van der Waals surface area contributed by atoms with E-state index in [1.165, 1.54) is 47.4 Å². The minimum atomic E-state index is -1.63. The minimum absolute atomic E-state index is 0. The van der Waals surface area contributed by atoms with Crippen LogP contribution in [-0.4, -0.2) is 16.5 Å². The molecule has 0 atom stereocenters. The summed E-state index contributed by atoms with van der Waals surface area (Å²) < 4.78 is 5.88. The Morgan fingerprint density at radius 2 is 0.885 bits per heavy atom. The third-order valence-corrected chi connectivity index (χ3v) is 17.1. The first-order chi connectivity index (χ1) is 12.1. The van der Waals surface area contributed by atoms with Crippen LogP contribution in [0.5, 0.6) is 0 Å². The molecule has 0 aliphatic heterocycles. The van der Waals surface area contributed by atoms with Crippen LogP contribution in [0.4, 0.5) is 0 Å². The quantitative estimate of drug-likeness (QED) is 0.559. The van der Waals surface area contributed by atoms with Gasteiger partial charge in [0.05, 0.1) is 0 Å². The van der Waals surface area contributed by atoms with Gasteiger partial charge in [0.1, 0.15) is 0 Å². The van der Waals surface area contributed by atoms with Crippen LogP contribution < -0.4 is 18.9 Å². The van der Waals surface area contributed by atoms with E-state index in [1.807, 2.05) is 0 Å². The maximum absolute atomic E-state index is 5.88. The molecule has 0 aliphatic rings. The van der Waals surface area contributed by atoms with E-state index in [0.29, 0.717) is 0 Å². The Balaban J connectivity index is 0.00000338. The first kappa shape index (κ1) is 23.5. The van der Waals surface area contributed by atoms with E-state index in [2.05, 4.69) is 88.4 Å². The molecule has 0 saturated carbocycles. The summed E-state index contributed by atoms with van der Waals surface area (Å²) in [5.74, 6) is 0. The summed E-state index contributed by atoms with van der Waals surface area (Å²) in [4.78, 5) is 0. The van der Waals surface area contributed by atoms with Crippen molar-refractivity contribution in [2.24, 2.45) is 0 Å². The van der Waals surface area contributed by atoms with Crippen LogP contribution in [-0.2, 0) is 12.1 Å².